The third kappa shape index (κ3) is 5.70. The number of nitrogens with one attached hydrogen (secondary N) is 1. The zero-order valence-corrected chi connectivity index (χ0v) is 22.0. The fraction of sp³-hybridized carbons (Fsp3) is 0.517. The number of nitrogens with zero attached hydrogens (tertiary/aromatic N) is 1. The number of likely N-dealkylation sites (tertiary alicyclic amines) is 1. The Morgan fingerprint density at radius 1 is 1.08 bits per heavy atom. The molecule has 0 unspecified atom stereocenters. The summed E-state index contributed by atoms with van der Waals surface area (Å²) in [6, 6.07) is 11.8. The van der Waals surface area contributed by atoms with Crippen LogP contribution in [-0.2, 0) is 15.3 Å². The van der Waals surface area contributed by atoms with E-state index >= 15 is 0 Å². The van der Waals surface area contributed by atoms with Crippen LogP contribution in [0.3, 0.4) is 0 Å². The first-order chi connectivity index (χ1) is 17.9. The van der Waals surface area contributed by atoms with E-state index in [0.29, 0.717) is 40.9 Å². The number of ether oxygens (including phenoxy) is 2. The molecule has 5 rings (SSSR count). The second-order valence-corrected chi connectivity index (χ2v) is 10.8. The summed E-state index contributed by atoms with van der Waals surface area (Å²) in [5, 5.41) is 15.2. The summed E-state index contributed by atoms with van der Waals surface area (Å²) in [6.45, 7) is 4.56. The Morgan fingerprint density at radius 2 is 1.76 bits per heavy atom. The standard InChI is InChI=1S/C29H35ClN2O5/c1-19(31-28(34)27(33)22-6-4-20(5-7-22)21-12-16-36-17-13-21)29(35,32-14-2-3-15-32)23-8-11-26(25(30)18-23)37-24-9-10-24/h4-8,11,18-19,21,24,35H,2-3,9-10,12-17H2,1H3,(H,31,34)/t19-,29+/m1/s1. The van der Waals surface area contributed by atoms with Gasteiger partial charge in [-0.3, -0.25) is 14.5 Å². The summed E-state index contributed by atoms with van der Waals surface area (Å²) < 4.78 is 11.3. The van der Waals surface area contributed by atoms with Gasteiger partial charge in [0, 0.05) is 37.4 Å². The molecule has 2 aliphatic heterocycles. The minimum Gasteiger partial charge on any atom is -0.489 e. The minimum absolute atomic E-state index is 0.204. The van der Waals surface area contributed by atoms with Crippen LogP contribution in [0.15, 0.2) is 42.5 Å². The van der Waals surface area contributed by atoms with Gasteiger partial charge in [0.1, 0.15) is 5.75 Å². The van der Waals surface area contributed by atoms with Gasteiger partial charge in [-0.2, -0.15) is 0 Å². The predicted octanol–water partition coefficient (Wildman–Crippen LogP) is 4.40. The van der Waals surface area contributed by atoms with Gasteiger partial charge in [0.05, 0.1) is 17.2 Å². The number of halogens is 1. The van der Waals surface area contributed by atoms with Crippen molar-refractivity contribution < 1.29 is 24.2 Å². The largest absolute Gasteiger partial charge is 0.489 e. The topological polar surface area (TPSA) is 88.1 Å². The molecule has 2 N–H and O–H groups in total. The number of Topliss-reactive ketones (excluding diaryl/α,β-unsaturated/α-hetero) is 1. The molecule has 2 saturated heterocycles. The molecule has 37 heavy (non-hydrogen) atoms. The molecule has 198 valence electrons. The summed E-state index contributed by atoms with van der Waals surface area (Å²) in [5.74, 6) is -0.369. The van der Waals surface area contributed by atoms with E-state index in [-0.39, 0.29) is 6.10 Å². The quantitative estimate of drug-likeness (QED) is 0.372. The number of rotatable bonds is 9. The maximum absolute atomic E-state index is 13.0. The molecule has 2 aromatic rings. The first kappa shape index (κ1) is 26.2. The molecule has 2 aromatic carbocycles. The zero-order chi connectivity index (χ0) is 26.0. The second-order valence-electron chi connectivity index (χ2n) is 10.4. The first-order valence-corrected chi connectivity index (χ1v) is 13.7. The highest BCUT2D eigenvalue weighted by Gasteiger charge is 2.44. The van der Waals surface area contributed by atoms with E-state index in [1.165, 1.54) is 0 Å². The van der Waals surface area contributed by atoms with Crippen LogP contribution < -0.4 is 10.1 Å². The van der Waals surface area contributed by atoms with Crippen LogP contribution in [0.1, 0.15) is 72.9 Å². The van der Waals surface area contributed by atoms with Crippen molar-refractivity contribution in [1.82, 2.24) is 10.2 Å². The first-order valence-electron chi connectivity index (χ1n) is 13.3. The molecule has 1 aliphatic carbocycles. The van der Waals surface area contributed by atoms with Gasteiger partial charge in [0.15, 0.2) is 5.72 Å². The van der Waals surface area contributed by atoms with Gasteiger partial charge in [-0.1, -0.05) is 41.9 Å². The van der Waals surface area contributed by atoms with Crippen LogP contribution in [0.2, 0.25) is 5.02 Å². The van der Waals surface area contributed by atoms with Crippen LogP contribution in [0.4, 0.5) is 0 Å². The summed E-state index contributed by atoms with van der Waals surface area (Å²) in [7, 11) is 0. The molecular weight excluding hydrogens is 492 g/mol. The Morgan fingerprint density at radius 3 is 2.38 bits per heavy atom. The Hall–Kier alpha value is -2.45. The molecule has 0 aromatic heterocycles. The molecule has 0 bridgehead atoms. The molecule has 1 amide bonds. The van der Waals surface area contributed by atoms with Crippen LogP contribution >= 0.6 is 11.6 Å². The zero-order valence-electron chi connectivity index (χ0n) is 21.2. The highest BCUT2D eigenvalue weighted by atomic mass is 35.5. The molecule has 3 aliphatic rings. The number of ketones is 1. The van der Waals surface area contributed by atoms with E-state index in [0.717, 1.165) is 57.3 Å². The third-order valence-corrected chi connectivity index (χ3v) is 8.08. The summed E-state index contributed by atoms with van der Waals surface area (Å²) in [6.07, 6.45) is 6.04. The van der Waals surface area contributed by atoms with Crippen molar-refractivity contribution in [2.75, 3.05) is 26.3 Å². The van der Waals surface area contributed by atoms with E-state index in [9.17, 15) is 14.7 Å². The lowest BCUT2D eigenvalue weighted by atomic mass is 9.90. The van der Waals surface area contributed by atoms with Crippen molar-refractivity contribution in [3.63, 3.8) is 0 Å². The maximum atomic E-state index is 13.0. The average Bonchev–Trinajstić information content (AvgIpc) is 3.57. The summed E-state index contributed by atoms with van der Waals surface area (Å²) in [4.78, 5) is 28.0. The monoisotopic (exact) mass is 526 g/mol. The Bertz CT molecular complexity index is 1120. The van der Waals surface area contributed by atoms with Crippen molar-refractivity contribution >= 4 is 23.3 Å². The Kier molecular flexibility index (Phi) is 7.86. The predicted molar refractivity (Wildman–Crippen MR) is 141 cm³/mol. The SMILES string of the molecule is C[C@@H](NC(=O)C(=O)c1ccc(C2CCOCC2)cc1)[C@](O)(c1ccc(OC2CC2)c(Cl)c1)N1CCCC1. The molecule has 2 heterocycles. The van der Waals surface area contributed by atoms with Gasteiger partial charge in [-0.15, -0.1) is 0 Å². The number of carbonyl (C=O) groups excluding carboxylic acids is 2. The normalized spacial score (nSPS) is 21.3. The molecule has 3 fully saturated rings. The van der Waals surface area contributed by atoms with Crippen molar-refractivity contribution in [2.24, 2.45) is 0 Å². The number of hydrogen-bond donors (Lipinski definition) is 2. The van der Waals surface area contributed by atoms with Crippen molar-refractivity contribution in [2.45, 2.75) is 69.2 Å². The van der Waals surface area contributed by atoms with Crippen molar-refractivity contribution in [3.8, 4) is 5.75 Å². The lowest BCUT2D eigenvalue weighted by Crippen LogP contribution is -2.59. The minimum atomic E-state index is -1.53. The van der Waals surface area contributed by atoms with Crippen LogP contribution in [0, 0.1) is 0 Å². The number of amides is 1. The fourth-order valence-electron chi connectivity index (χ4n) is 5.39. The van der Waals surface area contributed by atoms with E-state index in [2.05, 4.69) is 5.32 Å². The van der Waals surface area contributed by atoms with Gasteiger partial charge < -0.3 is 19.9 Å². The van der Waals surface area contributed by atoms with Crippen molar-refractivity contribution in [1.29, 1.82) is 0 Å². The Labute approximate surface area is 223 Å². The van der Waals surface area contributed by atoms with Crippen molar-refractivity contribution in [3.05, 3.63) is 64.2 Å². The highest BCUT2D eigenvalue weighted by Crippen LogP contribution is 2.38. The number of benzene rings is 2. The molecule has 0 spiro atoms. The summed E-state index contributed by atoms with van der Waals surface area (Å²) >= 11 is 6.52. The molecule has 2 atom stereocenters. The second kappa shape index (κ2) is 11.1. The van der Waals surface area contributed by atoms with Crippen LogP contribution in [0.5, 0.6) is 5.75 Å². The maximum Gasteiger partial charge on any atom is 0.292 e. The highest BCUT2D eigenvalue weighted by molar-refractivity contribution is 6.42. The van der Waals surface area contributed by atoms with Gasteiger partial charge >= 0.3 is 0 Å². The number of carbonyl (C=O) groups is 2. The lowest BCUT2D eigenvalue weighted by Gasteiger charge is -2.42. The Balaban J connectivity index is 1.31. The smallest absolute Gasteiger partial charge is 0.292 e. The van der Waals surface area contributed by atoms with Gasteiger partial charge in [-0.25, -0.2) is 0 Å². The summed E-state index contributed by atoms with van der Waals surface area (Å²) in [5.41, 5.74) is 0.516. The van der Waals surface area contributed by atoms with Gasteiger partial charge in [-0.05, 0) is 69.1 Å². The van der Waals surface area contributed by atoms with Crippen LogP contribution in [-0.4, -0.2) is 60.1 Å². The molecule has 7 nitrogen and oxygen atoms in total. The van der Waals surface area contributed by atoms with Gasteiger partial charge in [0.2, 0.25) is 5.78 Å². The van der Waals surface area contributed by atoms with E-state index in [1.54, 1.807) is 37.3 Å². The van der Waals surface area contributed by atoms with Crippen LogP contribution in [0.25, 0.3) is 0 Å². The average molecular weight is 527 g/mol. The molecule has 0 radical (unpaired) electrons. The lowest BCUT2D eigenvalue weighted by molar-refractivity contribution is -0.139. The number of hydrogen-bond acceptors (Lipinski definition) is 6. The molecular formula is C29H35ClN2O5. The fourth-order valence-corrected chi connectivity index (χ4v) is 5.61. The molecule has 1 saturated carbocycles. The molecule has 8 heteroatoms. The van der Waals surface area contributed by atoms with Gasteiger partial charge in [0.25, 0.3) is 5.91 Å². The third-order valence-electron chi connectivity index (χ3n) is 7.79. The van der Waals surface area contributed by atoms with E-state index in [1.807, 2.05) is 17.0 Å². The van der Waals surface area contributed by atoms with E-state index in [4.69, 9.17) is 21.1 Å². The number of aliphatic hydroxyl groups is 1. The van der Waals surface area contributed by atoms with E-state index < -0.39 is 23.5 Å².